The Morgan fingerprint density at radius 3 is 1.33 bits per heavy atom. The van der Waals surface area contributed by atoms with Gasteiger partial charge in [-0.2, -0.15) is 0 Å². The minimum atomic E-state index is -0.778. The monoisotopic (exact) mass is 1470 g/mol. The number of imidazole rings is 1. The Bertz CT molecular complexity index is 7060. The highest BCUT2D eigenvalue weighted by atomic mass is 16.5. The van der Waals surface area contributed by atoms with E-state index in [1.54, 1.807) is 0 Å². The molecule has 0 radical (unpaired) electrons. The van der Waals surface area contributed by atoms with E-state index in [0.717, 1.165) is 163 Å². The molecule has 10 heteroatoms. The minimum absolute atomic E-state index is 0.517. The van der Waals surface area contributed by atoms with Gasteiger partial charge in [-0.25, -0.2) is 34.9 Å². The molecule has 115 heavy (non-hydrogen) atoms. The van der Waals surface area contributed by atoms with E-state index in [-0.39, 0.29) is 0 Å². The topological polar surface area (TPSA) is 114 Å². The molecule has 4 aliphatic rings. The fourth-order valence-corrected chi connectivity index (χ4v) is 18.5. The molecule has 23 rings (SSSR count). The van der Waals surface area contributed by atoms with Crippen molar-refractivity contribution >= 4 is 11.0 Å². The second-order valence-electron chi connectivity index (χ2n) is 29.7. The van der Waals surface area contributed by atoms with E-state index in [9.17, 15) is 0 Å². The van der Waals surface area contributed by atoms with Gasteiger partial charge in [0.05, 0.1) is 38.9 Å². The number of pyridine rings is 1. The Labute approximate surface area is 663 Å². The fourth-order valence-electron chi connectivity index (χ4n) is 18.5. The van der Waals surface area contributed by atoms with Gasteiger partial charge in [-0.1, -0.05) is 334 Å². The zero-order chi connectivity index (χ0) is 75.7. The molecule has 0 saturated carbocycles. The fraction of sp³-hybridized carbons (Fsp3) is 0.0190. The van der Waals surface area contributed by atoms with E-state index in [1.807, 2.05) is 84.9 Å². The molecule has 19 aromatic rings. The van der Waals surface area contributed by atoms with Crippen LogP contribution in [0.3, 0.4) is 0 Å². The Balaban J connectivity index is 0.592. The van der Waals surface area contributed by atoms with Gasteiger partial charge in [-0.05, 0) is 116 Å². The number of rotatable bonds is 11. The van der Waals surface area contributed by atoms with Crippen LogP contribution in [0.15, 0.2) is 388 Å². The predicted octanol–water partition coefficient (Wildman–Crippen LogP) is 25.0. The van der Waals surface area contributed by atoms with E-state index in [2.05, 4.69) is 308 Å². The number of nitrogens with zero attached hydrogens (tertiary/aromatic N) is 8. The number of para-hydroxylation sites is 5. The second-order valence-corrected chi connectivity index (χ2v) is 29.7. The van der Waals surface area contributed by atoms with Gasteiger partial charge in [-0.15, -0.1) is 0 Å². The molecule has 6 heterocycles. The van der Waals surface area contributed by atoms with Crippen molar-refractivity contribution in [1.29, 1.82) is 0 Å². The molecular weight excluding hydrogens is 1410 g/mol. The molecule has 536 valence electrons. The Kier molecular flexibility index (Phi) is 14.9. The maximum Gasteiger partial charge on any atom is 0.164 e. The third kappa shape index (κ3) is 10.3. The first-order valence-electron chi connectivity index (χ1n) is 38.8. The first-order valence-corrected chi connectivity index (χ1v) is 38.8. The van der Waals surface area contributed by atoms with Gasteiger partial charge in [0.2, 0.25) is 0 Å². The maximum absolute atomic E-state index is 7.17. The molecule has 15 aromatic carbocycles. The zero-order valence-electron chi connectivity index (χ0n) is 61.8. The van der Waals surface area contributed by atoms with Crippen molar-refractivity contribution in [2.24, 2.45) is 0 Å². The van der Waals surface area contributed by atoms with Crippen LogP contribution in [-0.4, -0.2) is 39.5 Å². The molecule has 0 saturated heterocycles. The van der Waals surface area contributed by atoms with Crippen molar-refractivity contribution < 1.29 is 9.47 Å². The predicted molar refractivity (Wildman–Crippen MR) is 457 cm³/mol. The molecular formula is C105H64N8O2. The summed E-state index contributed by atoms with van der Waals surface area (Å²) in [5.74, 6) is 7.02. The summed E-state index contributed by atoms with van der Waals surface area (Å²) >= 11 is 0. The first-order chi connectivity index (χ1) is 57.0. The lowest BCUT2D eigenvalue weighted by Gasteiger charge is -2.40. The Morgan fingerprint density at radius 1 is 0.217 bits per heavy atom. The zero-order valence-corrected chi connectivity index (χ0v) is 61.8. The molecule has 10 nitrogen and oxygen atoms in total. The van der Waals surface area contributed by atoms with Crippen molar-refractivity contribution in [3.63, 3.8) is 0 Å². The molecule has 1 atom stereocenters. The first kappa shape index (κ1) is 65.5. The van der Waals surface area contributed by atoms with Crippen LogP contribution in [0.1, 0.15) is 44.5 Å². The van der Waals surface area contributed by atoms with Crippen LogP contribution in [0.4, 0.5) is 0 Å². The summed E-state index contributed by atoms with van der Waals surface area (Å²) in [4.78, 5) is 36.8. The average Bonchev–Trinajstić information content (AvgIpc) is 1.53. The van der Waals surface area contributed by atoms with E-state index in [1.165, 1.54) is 27.8 Å². The van der Waals surface area contributed by atoms with Gasteiger partial charge in [0.25, 0.3) is 0 Å². The number of aromatic nitrogens is 8. The number of hydrogen-bond donors (Lipinski definition) is 0. The van der Waals surface area contributed by atoms with E-state index in [0.29, 0.717) is 29.0 Å². The molecule has 0 fully saturated rings. The van der Waals surface area contributed by atoms with Crippen molar-refractivity contribution in [3.8, 4) is 164 Å². The van der Waals surface area contributed by atoms with Crippen LogP contribution in [0.2, 0.25) is 0 Å². The normalized spacial score (nSPS) is 14.0. The number of ether oxygens (including phenoxy) is 2. The molecule has 2 aliphatic carbocycles. The van der Waals surface area contributed by atoms with Crippen LogP contribution in [0, 0.1) is 0 Å². The molecule has 2 spiro atoms. The van der Waals surface area contributed by atoms with Gasteiger partial charge < -0.3 is 9.47 Å². The van der Waals surface area contributed by atoms with Crippen LogP contribution < -0.4 is 9.47 Å². The van der Waals surface area contributed by atoms with E-state index < -0.39 is 10.8 Å². The summed E-state index contributed by atoms with van der Waals surface area (Å²) in [7, 11) is 0. The van der Waals surface area contributed by atoms with Crippen molar-refractivity contribution in [3.05, 3.63) is 433 Å². The van der Waals surface area contributed by atoms with Gasteiger partial charge >= 0.3 is 0 Å². The lowest BCUT2D eigenvalue weighted by atomic mass is 9.65. The number of hydrogen-bond acceptors (Lipinski definition) is 9. The van der Waals surface area contributed by atoms with Gasteiger partial charge in [0.15, 0.2) is 23.3 Å². The van der Waals surface area contributed by atoms with E-state index >= 15 is 0 Å². The largest absolute Gasteiger partial charge is 0.457 e. The SMILES string of the molecule is c1ccc(-c2cc(-c3ccc(-c4nc(-c5ccccc5)nc(-c5ccc6c(c5)Oc5ccccc5C65c6ccccc6-c6c(-c7cccc(-c8cccc(-n9c(-c%10ccc(-c%11cccc%12c%11Oc%11ccccc%11C%12%11c%12ccccc%12-c%12ccccc%12%11)cc%10)nc%10ccccc%109)n8)c7)cccc65)n4)cc3)nc(-c3ccccc3)n2)cc1. The summed E-state index contributed by atoms with van der Waals surface area (Å²) < 4.78 is 16.5. The highest BCUT2D eigenvalue weighted by Crippen LogP contribution is 2.66. The summed E-state index contributed by atoms with van der Waals surface area (Å²) in [6.45, 7) is 0. The highest BCUT2D eigenvalue weighted by molar-refractivity contribution is 5.98. The summed E-state index contributed by atoms with van der Waals surface area (Å²) in [6, 6.07) is 137. The third-order valence-electron chi connectivity index (χ3n) is 23.5. The molecule has 0 bridgehead atoms. The van der Waals surface area contributed by atoms with Gasteiger partial charge in [0, 0.05) is 72.3 Å². The molecule has 2 aliphatic heterocycles. The molecule has 0 amide bonds. The molecule has 1 unspecified atom stereocenters. The summed E-state index contributed by atoms with van der Waals surface area (Å²) in [5.41, 5.74) is 28.6. The molecule has 0 N–H and O–H groups in total. The van der Waals surface area contributed by atoms with Crippen molar-refractivity contribution in [2.75, 3.05) is 0 Å². The lowest BCUT2D eigenvalue weighted by Crippen LogP contribution is -2.32. The van der Waals surface area contributed by atoms with Crippen LogP contribution in [0.25, 0.3) is 152 Å². The third-order valence-corrected chi connectivity index (χ3v) is 23.5. The lowest BCUT2D eigenvalue weighted by molar-refractivity contribution is 0.436. The van der Waals surface area contributed by atoms with Crippen LogP contribution >= 0.6 is 0 Å². The number of benzene rings is 15. The van der Waals surface area contributed by atoms with Gasteiger partial charge in [-0.3, -0.25) is 4.57 Å². The number of fused-ring (bicyclic) bond motifs is 19. The van der Waals surface area contributed by atoms with Gasteiger partial charge in [0.1, 0.15) is 34.6 Å². The van der Waals surface area contributed by atoms with Crippen LogP contribution in [-0.2, 0) is 10.8 Å². The van der Waals surface area contributed by atoms with E-state index in [4.69, 9.17) is 44.4 Å². The Morgan fingerprint density at radius 2 is 0.652 bits per heavy atom. The maximum atomic E-state index is 7.17. The quantitative estimate of drug-likeness (QED) is 0.125. The Hall–Kier alpha value is -15.4. The van der Waals surface area contributed by atoms with Crippen molar-refractivity contribution in [1.82, 2.24) is 39.5 Å². The highest BCUT2D eigenvalue weighted by Gasteiger charge is 2.53. The smallest absolute Gasteiger partial charge is 0.164 e. The standard InChI is InChI=1S/C105H64N8O2/c1-4-26-66(27-5-1)90-64-91(108-99(107-90)68-28-6-2-7-29-68)67-54-56-70(57-55-67)101-110-100(69-30-8-3-9-31-69)111-102(112-101)74-60-61-85-95(63-74)114-93-49-20-16-42-83(93)105(85)82-41-15-12-36-79(82)97-75(37-23-44-86(97)105)72-32-22-33-73(62-72)88-47-25-51-96(106-88)113-92-48-19-18-46-89(92)109-103(113)71-58-52-65(53-59-71)76-38-24-45-87-98(76)115-94-50-21-17-43-84(94)104(87)80-39-13-10-34-77(80)78-35-11-14-40-81(78)104/h1-64H. The second kappa shape index (κ2) is 26.1. The minimum Gasteiger partial charge on any atom is -0.457 e. The molecule has 4 aromatic heterocycles. The van der Waals surface area contributed by atoms with Crippen LogP contribution in [0.5, 0.6) is 23.0 Å². The van der Waals surface area contributed by atoms with Crippen molar-refractivity contribution in [2.45, 2.75) is 10.8 Å². The average molecular weight is 1470 g/mol. The summed E-state index contributed by atoms with van der Waals surface area (Å²) in [5, 5.41) is 0. The summed E-state index contributed by atoms with van der Waals surface area (Å²) in [6.07, 6.45) is 0.